The summed E-state index contributed by atoms with van der Waals surface area (Å²) in [4.78, 5) is 16.0. The van der Waals surface area contributed by atoms with E-state index in [0.29, 0.717) is 11.5 Å². The van der Waals surface area contributed by atoms with Crippen LogP contribution in [-0.2, 0) is 0 Å². The number of benzene rings is 1. The molecule has 1 atom stereocenters. The van der Waals surface area contributed by atoms with Crippen LogP contribution in [0.4, 0.5) is 0 Å². The molecule has 1 N–H and O–H groups in total. The molecule has 0 saturated carbocycles. The van der Waals surface area contributed by atoms with Gasteiger partial charge in [0.15, 0.2) is 0 Å². The van der Waals surface area contributed by atoms with Crippen molar-refractivity contribution in [2.75, 3.05) is 13.1 Å². The smallest absolute Gasteiger partial charge is 0.261 e. The van der Waals surface area contributed by atoms with Crippen molar-refractivity contribution >= 4 is 27.3 Å². The third-order valence-corrected chi connectivity index (χ3v) is 6.84. The number of amides is 1. The van der Waals surface area contributed by atoms with E-state index in [1.165, 1.54) is 24.2 Å². The number of nitriles is 1. The van der Waals surface area contributed by atoms with Gasteiger partial charge in [-0.15, -0.1) is 11.3 Å². The fourth-order valence-corrected chi connectivity index (χ4v) is 5.31. The summed E-state index contributed by atoms with van der Waals surface area (Å²) in [6.07, 6.45) is 2.35. The predicted molar refractivity (Wildman–Crippen MR) is 96.2 cm³/mol. The Balaban J connectivity index is 1.59. The first-order valence-electron chi connectivity index (χ1n) is 8.48. The number of thiophene rings is 1. The van der Waals surface area contributed by atoms with Crippen molar-refractivity contribution in [3.8, 4) is 6.07 Å². The molecule has 2 aromatic rings. The Morgan fingerprint density at radius 1 is 1.33 bits per heavy atom. The highest BCUT2D eigenvalue weighted by atomic mass is 32.1. The number of nitrogens with one attached hydrogen (secondary N) is 1. The van der Waals surface area contributed by atoms with Crippen LogP contribution in [0.5, 0.6) is 0 Å². The Labute approximate surface area is 146 Å². The van der Waals surface area contributed by atoms with Gasteiger partial charge in [0.2, 0.25) is 0 Å². The summed E-state index contributed by atoms with van der Waals surface area (Å²) in [5.41, 5.74) is 0.649. The number of piperidine rings is 3. The molecule has 3 aliphatic rings. The lowest BCUT2D eigenvalue weighted by atomic mass is 9.72. The van der Waals surface area contributed by atoms with E-state index in [-0.39, 0.29) is 17.5 Å². The van der Waals surface area contributed by atoms with E-state index < -0.39 is 0 Å². The molecule has 0 radical (unpaired) electrons. The summed E-state index contributed by atoms with van der Waals surface area (Å²) in [6, 6.07) is 9.86. The molecule has 1 unspecified atom stereocenters. The minimum atomic E-state index is 0.0153. The van der Waals surface area contributed by atoms with Crippen molar-refractivity contribution in [1.82, 2.24) is 10.2 Å². The second-order valence-corrected chi connectivity index (χ2v) is 8.49. The highest BCUT2D eigenvalue weighted by Gasteiger charge is 2.48. The Kier molecular flexibility index (Phi) is 3.63. The van der Waals surface area contributed by atoms with Crippen molar-refractivity contribution in [3.63, 3.8) is 0 Å². The first-order chi connectivity index (χ1) is 11.5. The van der Waals surface area contributed by atoms with Gasteiger partial charge in [0.25, 0.3) is 5.91 Å². The van der Waals surface area contributed by atoms with Crippen molar-refractivity contribution in [2.24, 2.45) is 5.92 Å². The van der Waals surface area contributed by atoms with Crippen LogP contribution in [0.15, 0.2) is 24.3 Å². The predicted octanol–water partition coefficient (Wildman–Crippen LogP) is 3.38. The lowest BCUT2D eigenvalue weighted by molar-refractivity contribution is -0.0377. The van der Waals surface area contributed by atoms with E-state index >= 15 is 0 Å². The molecule has 4 nitrogen and oxygen atoms in total. The van der Waals surface area contributed by atoms with E-state index in [1.54, 1.807) is 6.07 Å². The molecule has 3 aliphatic heterocycles. The van der Waals surface area contributed by atoms with Gasteiger partial charge in [-0.25, -0.2) is 0 Å². The molecular formula is C19H21N3OS. The van der Waals surface area contributed by atoms with Crippen molar-refractivity contribution in [3.05, 3.63) is 34.7 Å². The summed E-state index contributed by atoms with van der Waals surface area (Å²) in [5, 5.41) is 13.4. The van der Waals surface area contributed by atoms with E-state index in [2.05, 4.69) is 30.1 Å². The normalized spacial score (nSPS) is 27.8. The maximum atomic E-state index is 12.8. The van der Waals surface area contributed by atoms with Crippen LogP contribution in [0.3, 0.4) is 0 Å². The van der Waals surface area contributed by atoms with Gasteiger partial charge >= 0.3 is 0 Å². The zero-order valence-corrected chi connectivity index (χ0v) is 14.8. The summed E-state index contributed by atoms with van der Waals surface area (Å²) in [6.45, 7) is 6.77. The molecular weight excluding hydrogens is 318 g/mol. The molecule has 0 spiro atoms. The molecule has 4 heterocycles. The van der Waals surface area contributed by atoms with E-state index in [4.69, 9.17) is 5.26 Å². The zero-order chi connectivity index (χ0) is 16.9. The quantitative estimate of drug-likeness (QED) is 0.912. The Morgan fingerprint density at radius 3 is 2.75 bits per heavy atom. The zero-order valence-electron chi connectivity index (χ0n) is 14.0. The van der Waals surface area contributed by atoms with Gasteiger partial charge in [-0.05, 0) is 69.3 Å². The number of hydrogen-bond acceptors (Lipinski definition) is 4. The molecule has 1 amide bonds. The molecule has 3 fully saturated rings. The second kappa shape index (κ2) is 5.58. The maximum absolute atomic E-state index is 12.8. The van der Waals surface area contributed by atoms with Gasteiger partial charge in [-0.2, -0.15) is 5.26 Å². The lowest BCUT2D eigenvalue weighted by Crippen LogP contribution is -2.69. The van der Waals surface area contributed by atoms with Gasteiger partial charge in [-0.1, -0.05) is 6.07 Å². The molecule has 5 rings (SSSR count). The fourth-order valence-electron chi connectivity index (χ4n) is 4.30. The van der Waals surface area contributed by atoms with Crippen molar-refractivity contribution in [2.45, 2.75) is 38.3 Å². The topological polar surface area (TPSA) is 56.1 Å². The minimum absolute atomic E-state index is 0.0153. The number of nitrogens with zero attached hydrogens (tertiary/aromatic N) is 2. The number of rotatable bonds is 2. The summed E-state index contributed by atoms with van der Waals surface area (Å²) >= 11 is 1.47. The van der Waals surface area contributed by atoms with Crippen LogP contribution in [0.25, 0.3) is 10.1 Å². The largest absolute Gasteiger partial charge is 0.346 e. The number of hydrogen-bond donors (Lipinski definition) is 1. The lowest BCUT2D eigenvalue weighted by Gasteiger charge is -2.56. The van der Waals surface area contributed by atoms with Crippen LogP contribution in [0.2, 0.25) is 0 Å². The van der Waals surface area contributed by atoms with Gasteiger partial charge in [-0.3, -0.25) is 9.69 Å². The monoisotopic (exact) mass is 339 g/mol. The standard InChI is InChI=1S/C19H21N3OS/c1-19(2)17(13-5-7-22(19)8-6-13)21-18(23)16-10-14-4-3-12(11-20)9-15(14)24-16/h3-4,9-10,13,17H,5-8H2,1-2H3,(H,21,23). The molecule has 2 bridgehead atoms. The van der Waals surface area contributed by atoms with E-state index in [1.807, 2.05) is 18.2 Å². The van der Waals surface area contributed by atoms with E-state index in [9.17, 15) is 4.79 Å². The highest BCUT2D eigenvalue weighted by Crippen LogP contribution is 2.39. The average molecular weight is 339 g/mol. The van der Waals surface area contributed by atoms with Gasteiger partial charge in [0, 0.05) is 16.3 Å². The minimum Gasteiger partial charge on any atom is -0.346 e. The Hall–Kier alpha value is -1.90. The summed E-state index contributed by atoms with van der Waals surface area (Å²) in [7, 11) is 0. The van der Waals surface area contributed by atoms with Crippen LogP contribution in [0, 0.1) is 17.2 Å². The number of fused-ring (bicyclic) bond motifs is 4. The first-order valence-corrected chi connectivity index (χ1v) is 9.30. The van der Waals surface area contributed by atoms with Gasteiger partial charge < -0.3 is 5.32 Å². The van der Waals surface area contributed by atoms with Crippen LogP contribution in [-0.4, -0.2) is 35.5 Å². The van der Waals surface area contributed by atoms with Crippen LogP contribution >= 0.6 is 11.3 Å². The number of carbonyl (C=O) groups excluding carboxylic acids is 1. The molecule has 3 saturated heterocycles. The molecule has 1 aromatic heterocycles. The molecule has 0 aliphatic carbocycles. The van der Waals surface area contributed by atoms with Gasteiger partial charge in [0.05, 0.1) is 16.5 Å². The Bertz CT molecular complexity index is 840. The summed E-state index contributed by atoms with van der Waals surface area (Å²) < 4.78 is 0.993. The van der Waals surface area contributed by atoms with Crippen molar-refractivity contribution < 1.29 is 4.79 Å². The molecule has 1 aromatic carbocycles. The highest BCUT2D eigenvalue weighted by molar-refractivity contribution is 7.20. The van der Waals surface area contributed by atoms with Crippen molar-refractivity contribution in [1.29, 1.82) is 5.26 Å². The molecule has 24 heavy (non-hydrogen) atoms. The Morgan fingerprint density at radius 2 is 2.08 bits per heavy atom. The summed E-state index contributed by atoms with van der Waals surface area (Å²) in [5.74, 6) is 0.593. The fraction of sp³-hybridized carbons (Fsp3) is 0.474. The van der Waals surface area contributed by atoms with Gasteiger partial charge in [0.1, 0.15) is 0 Å². The van der Waals surface area contributed by atoms with Crippen LogP contribution < -0.4 is 5.32 Å². The molecule has 124 valence electrons. The second-order valence-electron chi connectivity index (χ2n) is 7.40. The first kappa shape index (κ1) is 15.6. The maximum Gasteiger partial charge on any atom is 0.261 e. The SMILES string of the molecule is CC1(C)C(NC(=O)c2cc3ccc(C#N)cc3s2)C2CCN1CC2. The number of carbonyl (C=O) groups is 1. The third-order valence-electron chi connectivity index (χ3n) is 5.75. The third kappa shape index (κ3) is 2.42. The van der Waals surface area contributed by atoms with Crippen LogP contribution in [0.1, 0.15) is 41.9 Å². The average Bonchev–Trinajstić information content (AvgIpc) is 3.01. The van der Waals surface area contributed by atoms with E-state index in [0.717, 1.165) is 28.1 Å². The molecule has 5 heteroatoms.